The normalized spacial score (nSPS) is 22.8. The van der Waals surface area contributed by atoms with Crippen LogP contribution in [0.25, 0.3) is 0 Å². The Kier molecular flexibility index (Phi) is 32.3. The number of phosphoric acid groups is 2. The lowest BCUT2D eigenvalue weighted by atomic mass is 10.00. The molecule has 1 heterocycles. The van der Waals surface area contributed by atoms with Crippen molar-refractivity contribution >= 4 is 15.6 Å². The number of aliphatic hydroxyl groups excluding tert-OH is 3. The molecule has 1 aliphatic rings. The van der Waals surface area contributed by atoms with Crippen LogP contribution in [0.3, 0.4) is 0 Å². The Hall–Kier alpha value is 0.0200. The van der Waals surface area contributed by atoms with Gasteiger partial charge in [-0.15, -0.1) is 0 Å². The van der Waals surface area contributed by atoms with Gasteiger partial charge in [-0.1, -0.05) is 168 Å². The lowest BCUT2D eigenvalue weighted by Crippen LogP contribution is -2.49. The smallest absolute Gasteiger partial charge is 0.472 e. The van der Waals surface area contributed by atoms with Gasteiger partial charge in [0.2, 0.25) is 0 Å². The monoisotopic (exact) mass is 776 g/mol. The fraction of sp³-hybridized carbons (Fsp3) is 1.00. The first-order valence-corrected chi connectivity index (χ1v) is 23.1. The van der Waals surface area contributed by atoms with Gasteiger partial charge in [0.15, 0.2) is 0 Å². The van der Waals surface area contributed by atoms with Gasteiger partial charge in [-0.25, -0.2) is 4.57 Å². The van der Waals surface area contributed by atoms with Crippen LogP contribution in [0.2, 0.25) is 0 Å². The molecule has 8 atom stereocenters. The molecule has 308 valence electrons. The van der Waals surface area contributed by atoms with Crippen molar-refractivity contribution < 1.29 is 52.7 Å². The second-order valence-corrected chi connectivity index (χ2v) is 17.0. The van der Waals surface area contributed by atoms with Crippen LogP contribution >= 0.6 is 15.6 Å². The molecule has 0 amide bonds. The Bertz CT molecular complexity index is 886. The SMILES string of the molecule is CCCCCCCCCCCCCC[C@@H](O)[C@H](O)[C@H](N)COP(=O)([O-])O.CCCCCCCCCCCCCC[C@@H](O)[C@H]1OP(=O)(O)OC[C@@H]1N. The van der Waals surface area contributed by atoms with Gasteiger partial charge in [0.25, 0.3) is 7.82 Å². The zero-order valence-electron chi connectivity index (χ0n) is 32.0. The third-order valence-electron chi connectivity index (χ3n) is 9.46. The lowest BCUT2D eigenvalue weighted by Gasteiger charge is -2.33. The molecule has 0 aromatic rings. The van der Waals surface area contributed by atoms with Crippen molar-refractivity contribution in [1.29, 1.82) is 0 Å². The molecule has 0 bridgehead atoms. The highest BCUT2D eigenvalue weighted by atomic mass is 31.2. The van der Waals surface area contributed by atoms with E-state index in [2.05, 4.69) is 22.9 Å². The van der Waals surface area contributed by atoms with Crippen LogP contribution < -0.4 is 16.4 Å². The molecular formula is C36H77N2O11P2-. The molecule has 2 unspecified atom stereocenters. The molecule has 0 aromatic heterocycles. The molecule has 0 aliphatic carbocycles. The topological polar surface area (TPSA) is 238 Å². The minimum Gasteiger partial charge on any atom is -0.756 e. The van der Waals surface area contributed by atoms with E-state index in [0.717, 1.165) is 32.1 Å². The molecule has 0 radical (unpaired) electrons. The first-order chi connectivity index (χ1) is 24.2. The summed E-state index contributed by atoms with van der Waals surface area (Å²) in [6.07, 6.45) is 26.7. The number of hydrogen-bond donors (Lipinski definition) is 7. The van der Waals surface area contributed by atoms with Crippen LogP contribution in [0, 0.1) is 0 Å². The summed E-state index contributed by atoms with van der Waals surface area (Å²) in [4.78, 5) is 28.3. The second-order valence-electron chi connectivity index (χ2n) is 14.4. The van der Waals surface area contributed by atoms with Crippen molar-refractivity contribution in [3.63, 3.8) is 0 Å². The third-order valence-corrected chi connectivity index (χ3v) is 10.9. The minimum atomic E-state index is -4.86. The quantitative estimate of drug-likeness (QED) is 0.0273. The van der Waals surface area contributed by atoms with Gasteiger partial charge in [-0.05, 0) is 12.8 Å². The average Bonchev–Trinajstić information content (AvgIpc) is 3.08. The van der Waals surface area contributed by atoms with Crippen LogP contribution in [-0.4, -0.2) is 74.8 Å². The van der Waals surface area contributed by atoms with E-state index in [-0.39, 0.29) is 6.61 Å². The van der Waals surface area contributed by atoms with E-state index < -0.39 is 58.8 Å². The molecule has 1 saturated heterocycles. The Morgan fingerprint density at radius 3 is 1.51 bits per heavy atom. The molecule has 1 fully saturated rings. The number of nitrogens with two attached hydrogens (primary N) is 2. The fourth-order valence-corrected chi connectivity index (χ4v) is 7.57. The summed E-state index contributed by atoms with van der Waals surface area (Å²) in [5.74, 6) is 0. The van der Waals surface area contributed by atoms with Crippen molar-refractivity contribution in [2.75, 3.05) is 13.2 Å². The Labute approximate surface area is 309 Å². The van der Waals surface area contributed by atoms with Gasteiger partial charge in [0.05, 0.1) is 43.6 Å². The van der Waals surface area contributed by atoms with Crippen LogP contribution in [-0.2, 0) is 22.7 Å². The van der Waals surface area contributed by atoms with Gasteiger partial charge >= 0.3 is 7.82 Å². The number of aliphatic hydroxyl groups is 3. The Morgan fingerprint density at radius 1 is 0.745 bits per heavy atom. The predicted molar refractivity (Wildman–Crippen MR) is 202 cm³/mol. The standard InChI is InChI=1S/C18H40NO6P.C18H38NO5P/c1-2-3-4-5-6-7-8-9-10-11-12-13-14-17(20)18(21)16(19)15-25-26(22,23)24;1-2-3-4-5-6-7-8-9-10-11-12-13-14-17(20)18-16(19)15-23-25(21,22)24-18/h16-18,20-21H,2-15,19H2,1H3,(H2,22,23,24);16-18,20H,2-15,19H2,1H3,(H,21,22)/p-1/t16-,17-,18-;16-,17+,18-/m10/s1. The summed E-state index contributed by atoms with van der Waals surface area (Å²) in [6.45, 7) is 3.85. The first-order valence-electron chi connectivity index (χ1n) is 20.1. The Morgan fingerprint density at radius 2 is 1.12 bits per heavy atom. The summed E-state index contributed by atoms with van der Waals surface area (Å²) in [7, 11) is -8.91. The number of unbranched alkanes of at least 4 members (excludes halogenated alkanes) is 22. The molecule has 0 spiro atoms. The van der Waals surface area contributed by atoms with Crippen molar-refractivity contribution in [3.05, 3.63) is 0 Å². The second kappa shape index (κ2) is 32.3. The van der Waals surface area contributed by atoms with E-state index >= 15 is 0 Å². The summed E-state index contributed by atoms with van der Waals surface area (Å²) in [5.41, 5.74) is 11.4. The molecule has 0 saturated carbocycles. The van der Waals surface area contributed by atoms with Crippen LogP contribution in [0.1, 0.15) is 181 Å². The molecule has 13 nitrogen and oxygen atoms in total. The van der Waals surface area contributed by atoms with E-state index in [1.165, 1.54) is 122 Å². The van der Waals surface area contributed by atoms with Gasteiger partial charge in [0, 0.05) is 0 Å². The maximum absolute atomic E-state index is 11.4. The van der Waals surface area contributed by atoms with Crippen LogP contribution in [0.15, 0.2) is 0 Å². The average molecular weight is 776 g/mol. The summed E-state index contributed by atoms with van der Waals surface area (Å²) < 4.78 is 35.6. The molecule has 9 N–H and O–H groups in total. The van der Waals surface area contributed by atoms with E-state index in [0.29, 0.717) is 12.8 Å². The zero-order chi connectivity index (χ0) is 38.4. The van der Waals surface area contributed by atoms with E-state index in [9.17, 15) is 34.2 Å². The lowest BCUT2D eigenvalue weighted by molar-refractivity contribution is -0.220. The largest absolute Gasteiger partial charge is 0.756 e. The van der Waals surface area contributed by atoms with Crippen molar-refractivity contribution in [3.8, 4) is 0 Å². The minimum absolute atomic E-state index is 0.0616. The molecular weight excluding hydrogens is 698 g/mol. The van der Waals surface area contributed by atoms with Gasteiger partial charge in [0.1, 0.15) is 6.10 Å². The molecule has 1 aliphatic heterocycles. The predicted octanol–water partition coefficient (Wildman–Crippen LogP) is 6.89. The zero-order valence-corrected chi connectivity index (χ0v) is 33.8. The van der Waals surface area contributed by atoms with Crippen molar-refractivity contribution in [2.45, 2.75) is 217 Å². The molecule has 51 heavy (non-hydrogen) atoms. The highest BCUT2D eigenvalue weighted by Gasteiger charge is 2.40. The summed E-state index contributed by atoms with van der Waals surface area (Å²) in [6, 6.07) is -1.64. The van der Waals surface area contributed by atoms with Gasteiger partial charge in [-0.3, -0.25) is 13.6 Å². The number of phosphoric ester groups is 2. The molecule has 15 heteroatoms. The third kappa shape index (κ3) is 31.0. The van der Waals surface area contributed by atoms with Crippen molar-refractivity contribution in [2.24, 2.45) is 11.5 Å². The molecule has 0 aromatic carbocycles. The fourth-order valence-electron chi connectivity index (χ4n) is 6.18. The van der Waals surface area contributed by atoms with E-state index in [4.69, 9.17) is 20.9 Å². The Balaban J connectivity index is 0.000000981. The maximum atomic E-state index is 11.4. The summed E-state index contributed by atoms with van der Waals surface area (Å²) in [5, 5.41) is 29.9. The van der Waals surface area contributed by atoms with Gasteiger partial charge in [-0.2, -0.15) is 0 Å². The van der Waals surface area contributed by atoms with E-state index in [1.807, 2.05) is 0 Å². The number of rotatable bonds is 32. The highest BCUT2D eigenvalue weighted by Crippen LogP contribution is 2.48. The van der Waals surface area contributed by atoms with E-state index in [1.54, 1.807) is 0 Å². The number of hydrogen-bond acceptors (Lipinski definition) is 11. The van der Waals surface area contributed by atoms with Crippen LogP contribution in [0.4, 0.5) is 0 Å². The maximum Gasteiger partial charge on any atom is 0.472 e. The molecule has 1 rings (SSSR count). The van der Waals surface area contributed by atoms with Crippen LogP contribution in [0.5, 0.6) is 0 Å². The van der Waals surface area contributed by atoms with Crippen molar-refractivity contribution in [1.82, 2.24) is 0 Å². The van der Waals surface area contributed by atoms with Gasteiger partial charge < -0.3 is 46.0 Å². The highest BCUT2D eigenvalue weighted by molar-refractivity contribution is 7.47. The summed E-state index contributed by atoms with van der Waals surface area (Å²) >= 11 is 0. The first kappa shape index (κ1) is 51.0.